The first-order valence-electron chi connectivity index (χ1n) is 8.02. The first kappa shape index (κ1) is 20.0. The molecule has 0 spiro atoms. The lowest BCUT2D eigenvalue weighted by Gasteiger charge is -2.10. The number of benzene rings is 2. The molecular formula is C17H16FN5O3S2. The number of nitrogens with zero attached hydrogens (tertiary/aromatic N) is 2. The molecule has 0 fully saturated rings. The van der Waals surface area contributed by atoms with Gasteiger partial charge in [0.2, 0.25) is 21.1 Å². The number of aromatic amines is 1. The minimum absolute atomic E-state index is 0.103. The molecule has 11 heteroatoms. The molecule has 3 aromatic rings. The SMILES string of the molecule is CC(Sc1n[nH]c(-c2ccccc2F)n1)C(=O)Nc1cccc(S(N)(=O)=O)c1. The van der Waals surface area contributed by atoms with Gasteiger partial charge in [0, 0.05) is 5.69 Å². The van der Waals surface area contributed by atoms with Gasteiger partial charge in [-0.25, -0.2) is 22.9 Å². The maximum Gasteiger partial charge on any atom is 0.238 e. The van der Waals surface area contributed by atoms with Crippen molar-refractivity contribution in [1.29, 1.82) is 0 Å². The molecule has 3 rings (SSSR count). The van der Waals surface area contributed by atoms with E-state index >= 15 is 0 Å². The van der Waals surface area contributed by atoms with Crippen LogP contribution in [0.2, 0.25) is 0 Å². The molecule has 0 aliphatic heterocycles. The second-order valence-electron chi connectivity index (χ2n) is 5.77. The van der Waals surface area contributed by atoms with Gasteiger partial charge in [-0.05, 0) is 37.3 Å². The number of hydrogen-bond acceptors (Lipinski definition) is 6. The van der Waals surface area contributed by atoms with E-state index in [-0.39, 0.29) is 27.3 Å². The van der Waals surface area contributed by atoms with E-state index < -0.39 is 21.1 Å². The van der Waals surface area contributed by atoms with Crippen molar-refractivity contribution in [2.45, 2.75) is 22.2 Å². The lowest BCUT2D eigenvalue weighted by molar-refractivity contribution is -0.115. The first-order chi connectivity index (χ1) is 13.2. The normalized spacial score (nSPS) is 12.5. The number of thioether (sulfide) groups is 1. The van der Waals surface area contributed by atoms with Crippen LogP contribution in [0.3, 0.4) is 0 Å². The second kappa shape index (κ2) is 8.09. The van der Waals surface area contributed by atoms with Crippen LogP contribution in [0.15, 0.2) is 58.6 Å². The Morgan fingerprint density at radius 1 is 1.25 bits per heavy atom. The molecule has 4 N–H and O–H groups in total. The van der Waals surface area contributed by atoms with Gasteiger partial charge in [0.1, 0.15) is 5.82 Å². The molecule has 1 heterocycles. The third-order valence-electron chi connectivity index (χ3n) is 3.68. The van der Waals surface area contributed by atoms with Crippen molar-refractivity contribution >= 4 is 33.4 Å². The van der Waals surface area contributed by atoms with E-state index in [1.807, 2.05) is 0 Å². The number of carbonyl (C=O) groups is 1. The van der Waals surface area contributed by atoms with Crippen molar-refractivity contribution in [2.24, 2.45) is 5.14 Å². The van der Waals surface area contributed by atoms with Crippen LogP contribution in [-0.4, -0.2) is 34.8 Å². The van der Waals surface area contributed by atoms with Crippen LogP contribution < -0.4 is 10.5 Å². The molecule has 0 radical (unpaired) electrons. The van der Waals surface area contributed by atoms with Crippen LogP contribution in [-0.2, 0) is 14.8 Å². The van der Waals surface area contributed by atoms with E-state index in [1.165, 1.54) is 24.3 Å². The van der Waals surface area contributed by atoms with Gasteiger partial charge >= 0.3 is 0 Å². The van der Waals surface area contributed by atoms with Crippen LogP contribution >= 0.6 is 11.8 Å². The van der Waals surface area contributed by atoms with Gasteiger partial charge in [-0.1, -0.05) is 30.0 Å². The number of aromatic nitrogens is 3. The second-order valence-corrected chi connectivity index (χ2v) is 8.64. The molecule has 0 bridgehead atoms. The van der Waals surface area contributed by atoms with E-state index in [0.29, 0.717) is 5.69 Å². The van der Waals surface area contributed by atoms with Gasteiger partial charge in [0.25, 0.3) is 0 Å². The smallest absolute Gasteiger partial charge is 0.238 e. The van der Waals surface area contributed by atoms with Gasteiger partial charge < -0.3 is 5.32 Å². The van der Waals surface area contributed by atoms with Crippen molar-refractivity contribution in [3.8, 4) is 11.4 Å². The standard InChI is InChI=1S/C17H16FN5O3S2/c1-10(16(24)20-11-5-4-6-12(9-11)28(19,25)26)27-17-21-15(22-23-17)13-7-2-3-8-14(13)18/h2-10H,1H3,(H,20,24)(H2,19,25,26)(H,21,22,23). The summed E-state index contributed by atoms with van der Waals surface area (Å²) in [6.07, 6.45) is 0. The zero-order valence-electron chi connectivity index (χ0n) is 14.6. The van der Waals surface area contributed by atoms with Gasteiger partial charge in [-0.2, -0.15) is 0 Å². The van der Waals surface area contributed by atoms with E-state index in [9.17, 15) is 17.6 Å². The molecule has 1 unspecified atom stereocenters. The highest BCUT2D eigenvalue weighted by molar-refractivity contribution is 8.00. The number of sulfonamides is 1. The number of amides is 1. The Labute approximate surface area is 164 Å². The zero-order valence-corrected chi connectivity index (χ0v) is 16.2. The van der Waals surface area contributed by atoms with Crippen molar-refractivity contribution in [3.05, 3.63) is 54.3 Å². The summed E-state index contributed by atoms with van der Waals surface area (Å²) in [6.45, 7) is 1.64. The highest BCUT2D eigenvalue weighted by Gasteiger charge is 2.19. The highest BCUT2D eigenvalue weighted by atomic mass is 32.2. The molecule has 0 aliphatic carbocycles. The van der Waals surface area contributed by atoms with Crippen LogP contribution in [0.1, 0.15) is 6.92 Å². The molecule has 28 heavy (non-hydrogen) atoms. The fourth-order valence-electron chi connectivity index (χ4n) is 2.28. The number of nitrogens with two attached hydrogens (primary N) is 1. The molecule has 0 saturated heterocycles. The van der Waals surface area contributed by atoms with Crippen LogP contribution in [0.25, 0.3) is 11.4 Å². The van der Waals surface area contributed by atoms with Crippen molar-refractivity contribution in [2.75, 3.05) is 5.32 Å². The summed E-state index contributed by atoms with van der Waals surface area (Å²) in [4.78, 5) is 16.5. The average Bonchev–Trinajstić information content (AvgIpc) is 3.09. The van der Waals surface area contributed by atoms with Crippen molar-refractivity contribution in [3.63, 3.8) is 0 Å². The fraction of sp³-hybridized carbons (Fsp3) is 0.118. The van der Waals surface area contributed by atoms with E-state index in [4.69, 9.17) is 5.14 Å². The van der Waals surface area contributed by atoms with Crippen LogP contribution in [0, 0.1) is 5.82 Å². The third kappa shape index (κ3) is 4.74. The summed E-state index contributed by atoms with van der Waals surface area (Å²) in [5.41, 5.74) is 0.574. The summed E-state index contributed by atoms with van der Waals surface area (Å²) in [5.74, 6) is -0.557. The number of rotatable bonds is 6. The summed E-state index contributed by atoms with van der Waals surface area (Å²) in [7, 11) is -3.87. The molecule has 0 aliphatic rings. The number of hydrogen-bond donors (Lipinski definition) is 3. The Kier molecular flexibility index (Phi) is 5.77. The lowest BCUT2D eigenvalue weighted by atomic mass is 10.2. The van der Waals surface area contributed by atoms with Crippen LogP contribution in [0.4, 0.5) is 10.1 Å². The molecule has 1 amide bonds. The van der Waals surface area contributed by atoms with Gasteiger partial charge in [-0.3, -0.25) is 9.89 Å². The van der Waals surface area contributed by atoms with E-state index in [2.05, 4.69) is 20.5 Å². The topological polar surface area (TPSA) is 131 Å². The quantitative estimate of drug-likeness (QED) is 0.524. The summed E-state index contributed by atoms with van der Waals surface area (Å²) < 4.78 is 36.6. The Bertz CT molecular complexity index is 1120. The summed E-state index contributed by atoms with van der Waals surface area (Å²) >= 11 is 1.07. The van der Waals surface area contributed by atoms with E-state index in [1.54, 1.807) is 31.2 Å². The highest BCUT2D eigenvalue weighted by Crippen LogP contribution is 2.25. The molecule has 8 nitrogen and oxygen atoms in total. The predicted octanol–water partition coefficient (Wildman–Crippen LogP) is 2.38. The number of primary sulfonamides is 1. The monoisotopic (exact) mass is 421 g/mol. The maximum absolute atomic E-state index is 13.8. The van der Waals surface area contributed by atoms with Crippen molar-refractivity contribution in [1.82, 2.24) is 15.2 Å². The van der Waals surface area contributed by atoms with Gasteiger partial charge in [0.15, 0.2) is 5.82 Å². The van der Waals surface area contributed by atoms with Gasteiger partial charge in [-0.15, -0.1) is 5.10 Å². The van der Waals surface area contributed by atoms with Crippen molar-refractivity contribution < 1.29 is 17.6 Å². The third-order valence-corrected chi connectivity index (χ3v) is 5.55. The molecule has 146 valence electrons. The molecule has 1 aromatic heterocycles. The number of anilines is 1. The fourth-order valence-corrected chi connectivity index (χ4v) is 3.56. The molecule has 0 saturated carbocycles. The largest absolute Gasteiger partial charge is 0.325 e. The molecule has 1 atom stereocenters. The number of H-pyrrole nitrogens is 1. The number of nitrogens with one attached hydrogen (secondary N) is 2. The number of carbonyl (C=O) groups excluding carboxylic acids is 1. The Morgan fingerprint density at radius 2 is 2.00 bits per heavy atom. The zero-order chi connectivity index (χ0) is 20.3. The Morgan fingerprint density at radius 3 is 2.71 bits per heavy atom. The Balaban J connectivity index is 1.68. The number of halogens is 1. The van der Waals surface area contributed by atoms with Gasteiger partial charge in [0.05, 0.1) is 15.7 Å². The summed E-state index contributed by atoms with van der Waals surface area (Å²) in [5, 5.41) is 14.0. The molecular weight excluding hydrogens is 405 g/mol. The minimum atomic E-state index is -3.87. The van der Waals surface area contributed by atoms with E-state index in [0.717, 1.165) is 11.8 Å². The maximum atomic E-state index is 13.8. The summed E-state index contributed by atoms with van der Waals surface area (Å²) in [6, 6.07) is 11.8. The van der Waals surface area contributed by atoms with Crippen LogP contribution in [0.5, 0.6) is 0 Å². The molecule has 2 aromatic carbocycles. The first-order valence-corrected chi connectivity index (χ1v) is 10.4. The minimum Gasteiger partial charge on any atom is -0.325 e. The predicted molar refractivity (Wildman–Crippen MR) is 104 cm³/mol. The lowest BCUT2D eigenvalue weighted by Crippen LogP contribution is -2.22. The Hall–Kier alpha value is -2.76. The average molecular weight is 421 g/mol.